The SMILES string of the molecule is COC(=O)N/N=C(\C[C@@H]1C(=O)Oc2ccccc21)c1cccc([N+](=O)[O-])c1. The van der Waals surface area contributed by atoms with Crippen LogP contribution in [0.2, 0.25) is 0 Å². The zero-order valence-electron chi connectivity index (χ0n) is 14.2. The number of nitro groups is 1. The average molecular weight is 369 g/mol. The second kappa shape index (κ2) is 7.65. The van der Waals surface area contributed by atoms with E-state index in [0.29, 0.717) is 16.9 Å². The van der Waals surface area contributed by atoms with Gasteiger partial charge in [0.2, 0.25) is 0 Å². The number of carbonyl (C=O) groups excluding carboxylic acids is 2. The Balaban J connectivity index is 1.96. The van der Waals surface area contributed by atoms with Crippen molar-refractivity contribution in [3.63, 3.8) is 0 Å². The summed E-state index contributed by atoms with van der Waals surface area (Å²) in [6.45, 7) is 0. The summed E-state index contributed by atoms with van der Waals surface area (Å²) in [6, 6.07) is 12.8. The van der Waals surface area contributed by atoms with E-state index in [1.165, 1.54) is 25.3 Å². The van der Waals surface area contributed by atoms with Gasteiger partial charge in [-0.15, -0.1) is 0 Å². The lowest BCUT2D eigenvalue weighted by atomic mass is 9.92. The number of carbonyl (C=O) groups is 2. The normalized spacial score (nSPS) is 15.7. The third kappa shape index (κ3) is 3.92. The van der Waals surface area contributed by atoms with Gasteiger partial charge >= 0.3 is 12.1 Å². The third-order valence-electron chi connectivity index (χ3n) is 4.04. The van der Waals surface area contributed by atoms with Crippen LogP contribution >= 0.6 is 0 Å². The molecule has 0 saturated heterocycles. The van der Waals surface area contributed by atoms with Crippen molar-refractivity contribution in [1.29, 1.82) is 0 Å². The van der Waals surface area contributed by atoms with E-state index in [1.807, 2.05) is 0 Å². The summed E-state index contributed by atoms with van der Waals surface area (Å²) in [5.41, 5.74) is 3.44. The van der Waals surface area contributed by atoms with Crippen LogP contribution in [0.3, 0.4) is 0 Å². The second-order valence-corrected chi connectivity index (χ2v) is 5.68. The fraction of sp³-hybridized carbons (Fsp3) is 0.167. The average Bonchev–Trinajstić information content (AvgIpc) is 2.99. The summed E-state index contributed by atoms with van der Waals surface area (Å²) in [7, 11) is 1.18. The molecule has 1 aliphatic heterocycles. The second-order valence-electron chi connectivity index (χ2n) is 5.68. The van der Waals surface area contributed by atoms with Gasteiger partial charge in [0.1, 0.15) is 5.75 Å². The molecule has 0 unspecified atom stereocenters. The van der Waals surface area contributed by atoms with Crippen molar-refractivity contribution in [2.45, 2.75) is 12.3 Å². The summed E-state index contributed by atoms with van der Waals surface area (Å²) in [4.78, 5) is 34.2. The van der Waals surface area contributed by atoms with E-state index in [2.05, 4.69) is 15.3 Å². The number of methoxy groups -OCH3 is 1. The van der Waals surface area contributed by atoms with Crippen LogP contribution in [0, 0.1) is 10.1 Å². The summed E-state index contributed by atoms with van der Waals surface area (Å²) in [6.07, 6.45) is -0.714. The molecule has 1 heterocycles. The van der Waals surface area contributed by atoms with Crippen LogP contribution in [0.4, 0.5) is 10.5 Å². The fourth-order valence-electron chi connectivity index (χ4n) is 2.74. The number of non-ortho nitro benzene ring substituents is 1. The highest BCUT2D eigenvalue weighted by Crippen LogP contribution is 2.37. The van der Waals surface area contributed by atoms with E-state index < -0.39 is 22.9 Å². The van der Waals surface area contributed by atoms with Crippen LogP contribution < -0.4 is 10.2 Å². The lowest BCUT2D eigenvalue weighted by molar-refractivity contribution is -0.384. The number of hydrogen-bond acceptors (Lipinski definition) is 7. The highest BCUT2D eigenvalue weighted by atomic mass is 16.6. The molecule has 2 aromatic carbocycles. The van der Waals surface area contributed by atoms with Crippen LogP contribution in [0.25, 0.3) is 0 Å². The number of hydrazone groups is 1. The molecule has 1 atom stereocenters. The molecule has 0 spiro atoms. The molecule has 9 nitrogen and oxygen atoms in total. The van der Waals surface area contributed by atoms with Gasteiger partial charge in [0.15, 0.2) is 0 Å². The van der Waals surface area contributed by atoms with Gasteiger partial charge in [0.05, 0.1) is 23.7 Å². The first-order valence-electron chi connectivity index (χ1n) is 7.95. The predicted molar refractivity (Wildman–Crippen MR) is 94.6 cm³/mol. The standard InChI is InChI=1S/C18H15N3O6/c1-26-18(23)20-19-15(11-5-4-6-12(9-11)21(24)25)10-14-13-7-2-3-8-16(13)27-17(14)22/h2-9,14H,10H2,1H3,(H,20,23)/b19-15+/t14-/m0/s1. The van der Waals surface area contributed by atoms with Gasteiger partial charge in [0.25, 0.3) is 5.69 Å². The first kappa shape index (κ1) is 18.1. The highest BCUT2D eigenvalue weighted by Gasteiger charge is 2.34. The molecule has 0 aliphatic carbocycles. The van der Waals surface area contributed by atoms with Crippen molar-refractivity contribution in [2.24, 2.45) is 5.10 Å². The summed E-state index contributed by atoms with van der Waals surface area (Å²) in [5, 5.41) is 15.0. The predicted octanol–water partition coefficient (Wildman–Crippen LogP) is 2.75. The fourth-order valence-corrected chi connectivity index (χ4v) is 2.74. The molecule has 1 N–H and O–H groups in total. The Labute approximate surface area is 153 Å². The van der Waals surface area contributed by atoms with Gasteiger partial charge < -0.3 is 9.47 Å². The Morgan fingerprint density at radius 2 is 2.07 bits per heavy atom. The molecular weight excluding hydrogens is 354 g/mol. The van der Waals surface area contributed by atoms with Gasteiger partial charge in [-0.1, -0.05) is 30.3 Å². The molecule has 138 valence electrons. The third-order valence-corrected chi connectivity index (χ3v) is 4.04. The van der Waals surface area contributed by atoms with E-state index in [0.717, 1.165) is 0 Å². The quantitative estimate of drug-likeness (QED) is 0.284. The van der Waals surface area contributed by atoms with Crippen molar-refractivity contribution in [1.82, 2.24) is 5.43 Å². The van der Waals surface area contributed by atoms with Crippen molar-refractivity contribution in [3.8, 4) is 5.75 Å². The van der Waals surface area contributed by atoms with E-state index in [4.69, 9.17) is 4.74 Å². The number of nitrogens with one attached hydrogen (secondary N) is 1. The maximum atomic E-state index is 12.3. The zero-order valence-corrected chi connectivity index (χ0v) is 14.2. The van der Waals surface area contributed by atoms with E-state index in [-0.39, 0.29) is 17.8 Å². The van der Waals surface area contributed by atoms with Gasteiger partial charge in [-0.05, 0) is 6.07 Å². The first-order chi connectivity index (χ1) is 13.0. The zero-order chi connectivity index (χ0) is 19.4. The Morgan fingerprint density at radius 3 is 2.81 bits per heavy atom. The van der Waals surface area contributed by atoms with Gasteiger partial charge in [-0.2, -0.15) is 5.10 Å². The minimum absolute atomic E-state index is 0.0843. The molecule has 0 aromatic heterocycles. The van der Waals surface area contributed by atoms with Gasteiger partial charge in [-0.25, -0.2) is 10.2 Å². The molecule has 0 radical (unpaired) electrons. The molecule has 1 amide bonds. The number of amides is 1. The number of fused-ring (bicyclic) bond motifs is 1. The molecule has 0 fully saturated rings. The van der Waals surface area contributed by atoms with Crippen molar-refractivity contribution in [3.05, 3.63) is 69.8 Å². The molecule has 2 aromatic rings. The van der Waals surface area contributed by atoms with Crippen LogP contribution in [-0.2, 0) is 9.53 Å². The number of esters is 1. The number of hydrogen-bond donors (Lipinski definition) is 1. The Hall–Kier alpha value is -3.75. The Morgan fingerprint density at radius 1 is 1.30 bits per heavy atom. The van der Waals surface area contributed by atoms with Crippen LogP contribution in [0.5, 0.6) is 5.75 Å². The van der Waals surface area contributed by atoms with Gasteiger partial charge in [0, 0.05) is 29.7 Å². The van der Waals surface area contributed by atoms with E-state index in [9.17, 15) is 19.7 Å². The number of rotatable bonds is 5. The number of benzene rings is 2. The first-order valence-corrected chi connectivity index (χ1v) is 7.95. The molecule has 27 heavy (non-hydrogen) atoms. The molecule has 3 rings (SSSR count). The molecule has 9 heteroatoms. The monoisotopic (exact) mass is 369 g/mol. The maximum absolute atomic E-state index is 12.3. The minimum atomic E-state index is -0.799. The lowest BCUT2D eigenvalue weighted by Gasteiger charge is -2.11. The van der Waals surface area contributed by atoms with Crippen molar-refractivity contribution in [2.75, 3.05) is 7.11 Å². The minimum Gasteiger partial charge on any atom is -0.452 e. The van der Waals surface area contributed by atoms with Crippen molar-refractivity contribution < 1.29 is 24.0 Å². The lowest BCUT2D eigenvalue weighted by Crippen LogP contribution is -2.22. The van der Waals surface area contributed by atoms with Gasteiger partial charge in [-0.3, -0.25) is 14.9 Å². The Kier molecular flexibility index (Phi) is 5.11. The van der Waals surface area contributed by atoms with Crippen LogP contribution in [0.15, 0.2) is 53.6 Å². The smallest absolute Gasteiger partial charge is 0.427 e. The number of para-hydroxylation sites is 1. The highest BCUT2D eigenvalue weighted by molar-refractivity contribution is 6.04. The van der Waals surface area contributed by atoms with Crippen molar-refractivity contribution >= 4 is 23.5 Å². The largest absolute Gasteiger partial charge is 0.452 e. The molecular formula is C18H15N3O6. The molecule has 1 aliphatic rings. The number of ether oxygens (including phenoxy) is 2. The van der Waals surface area contributed by atoms with E-state index >= 15 is 0 Å². The molecule has 0 bridgehead atoms. The summed E-state index contributed by atoms with van der Waals surface area (Å²) < 4.78 is 9.74. The topological polar surface area (TPSA) is 120 Å². The maximum Gasteiger partial charge on any atom is 0.427 e. The van der Waals surface area contributed by atoms with E-state index in [1.54, 1.807) is 30.3 Å². The van der Waals surface area contributed by atoms with Crippen LogP contribution in [0.1, 0.15) is 23.5 Å². The van der Waals surface area contributed by atoms with Crippen LogP contribution in [-0.4, -0.2) is 29.8 Å². The Bertz CT molecular complexity index is 940. The summed E-state index contributed by atoms with van der Waals surface area (Å²) in [5.74, 6) is -0.627. The summed E-state index contributed by atoms with van der Waals surface area (Å²) >= 11 is 0. The number of nitro benzene ring substituents is 1. The molecule has 0 saturated carbocycles. The number of nitrogens with zero attached hydrogens (tertiary/aromatic N) is 2.